The number of carbonyl (C=O) groups is 4. The van der Waals surface area contributed by atoms with E-state index in [1.165, 1.54) is 28.4 Å². The number of hydrogen-bond acceptors (Lipinski definition) is 12. The van der Waals surface area contributed by atoms with Crippen molar-refractivity contribution >= 4 is 23.9 Å². The van der Waals surface area contributed by atoms with Gasteiger partial charge in [0, 0.05) is 78.0 Å². The number of carbonyl (C=O) groups excluding carboxylic acids is 4. The molecule has 12 fully saturated rings. The molecule has 12 rings (SSSR count). The summed E-state index contributed by atoms with van der Waals surface area (Å²) in [5.41, 5.74) is -6.53. The highest BCUT2D eigenvalue weighted by molar-refractivity contribution is 5.85. The molecule has 60 heavy (non-hydrogen) atoms. The molecule has 8 atom stereocenters. The summed E-state index contributed by atoms with van der Waals surface area (Å²) in [5.74, 6) is -11.6. The highest BCUT2D eigenvalue weighted by Gasteiger charge is 2.83. The van der Waals surface area contributed by atoms with Gasteiger partial charge in [-0.1, -0.05) is 0 Å². The van der Waals surface area contributed by atoms with Crippen LogP contribution in [0.2, 0.25) is 0 Å². The molecule has 0 bridgehead atoms. The zero-order chi connectivity index (χ0) is 43.6. The first kappa shape index (κ1) is 42.5. The maximum Gasteiger partial charge on any atom is 0.326 e. The standard InChI is InChI=1S/4C10H13F2NO2/c4*1-15-7(14)9-2-3-13(9)6-8(4-9)5-10(8,11)12/h4*2-6H2,1H3/t4*8-,9?/m1100/s1. The van der Waals surface area contributed by atoms with Crippen molar-refractivity contribution in [1.29, 1.82) is 0 Å². The number of rotatable bonds is 4. The third-order valence-electron chi connectivity index (χ3n) is 17.2. The van der Waals surface area contributed by atoms with Gasteiger partial charge >= 0.3 is 23.9 Å². The molecule has 8 heterocycles. The predicted molar refractivity (Wildman–Crippen MR) is 190 cm³/mol. The van der Waals surface area contributed by atoms with Gasteiger partial charge in [-0.3, -0.25) is 38.8 Å². The molecule has 4 saturated carbocycles. The van der Waals surface area contributed by atoms with Crippen LogP contribution >= 0.6 is 0 Å². The number of fused-ring (bicyclic) bond motifs is 4. The van der Waals surface area contributed by atoms with Crippen molar-refractivity contribution in [2.24, 2.45) is 21.7 Å². The van der Waals surface area contributed by atoms with Crippen molar-refractivity contribution < 1.29 is 73.2 Å². The Morgan fingerprint density at radius 3 is 0.617 bits per heavy atom. The van der Waals surface area contributed by atoms with Gasteiger partial charge in [0.25, 0.3) is 23.7 Å². The molecular formula is C40H52F8N4O8. The quantitative estimate of drug-likeness (QED) is 0.230. The van der Waals surface area contributed by atoms with Gasteiger partial charge < -0.3 is 18.9 Å². The Labute approximate surface area is 341 Å². The van der Waals surface area contributed by atoms with Gasteiger partial charge in [0.2, 0.25) is 0 Å². The minimum absolute atomic E-state index is 0.0603. The number of nitrogens with zero attached hydrogens (tertiary/aromatic N) is 4. The molecule has 12 nitrogen and oxygen atoms in total. The van der Waals surface area contributed by atoms with Crippen LogP contribution in [-0.4, -0.2) is 170 Å². The van der Waals surface area contributed by atoms with Crippen LogP contribution in [0.1, 0.15) is 77.0 Å². The van der Waals surface area contributed by atoms with Crippen molar-refractivity contribution in [3.8, 4) is 0 Å². The Morgan fingerprint density at radius 2 is 0.517 bits per heavy atom. The molecule has 20 heteroatoms. The van der Waals surface area contributed by atoms with Crippen LogP contribution in [0.5, 0.6) is 0 Å². The Kier molecular flexibility index (Phi) is 8.81. The number of esters is 4. The van der Waals surface area contributed by atoms with Gasteiger partial charge in [-0.2, -0.15) is 0 Å². The average molecular weight is 869 g/mol. The summed E-state index contributed by atoms with van der Waals surface area (Å²) in [6.07, 6.45) is 3.53. The van der Waals surface area contributed by atoms with Gasteiger partial charge in [-0.05, 0) is 51.4 Å². The summed E-state index contributed by atoms with van der Waals surface area (Å²) >= 11 is 0. The van der Waals surface area contributed by atoms with Gasteiger partial charge in [0.15, 0.2) is 0 Å². The van der Waals surface area contributed by atoms with Gasteiger partial charge in [-0.25, -0.2) is 35.1 Å². The fourth-order valence-corrected chi connectivity index (χ4v) is 12.8. The van der Waals surface area contributed by atoms with E-state index in [2.05, 4.69) is 0 Å². The van der Waals surface area contributed by atoms with E-state index < -0.39 is 67.5 Å². The Balaban J connectivity index is 0.000000103. The molecule has 0 amide bonds. The Bertz CT molecular complexity index is 1650. The molecule has 0 aromatic heterocycles. The van der Waals surface area contributed by atoms with E-state index in [1.54, 1.807) is 0 Å². The molecule has 4 aliphatic carbocycles. The first-order valence-corrected chi connectivity index (χ1v) is 20.7. The minimum Gasteiger partial charge on any atom is -0.468 e. The van der Waals surface area contributed by atoms with Crippen LogP contribution in [0, 0.1) is 21.7 Å². The molecule has 336 valence electrons. The summed E-state index contributed by atoms with van der Waals surface area (Å²) in [6, 6.07) is 0. The highest BCUT2D eigenvalue weighted by atomic mass is 19.3. The molecule has 8 aliphatic heterocycles. The SMILES string of the molecule is COC(=O)C12CCN1C[C@@]1(C2)CC1(F)F.COC(=O)C12CCN1C[C@@]1(C2)CC1(F)F.COC(=O)C12CCN1C[C@]1(C2)CC1(F)F.COC(=O)C12CCN1C[C@]1(C2)CC1(F)F. The molecular weight excluding hydrogens is 816 g/mol. The third-order valence-corrected chi connectivity index (χ3v) is 17.2. The lowest BCUT2D eigenvalue weighted by Crippen LogP contribution is -2.61. The molecule has 8 saturated heterocycles. The lowest BCUT2D eigenvalue weighted by molar-refractivity contribution is -0.162. The van der Waals surface area contributed by atoms with Crippen LogP contribution < -0.4 is 0 Å². The van der Waals surface area contributed by atoms with Crippen molar-refractivity contribution in [1.82, 2.24) is 19.6 Å². The van der Waals surface area contributed by atoms with E-state index in [1.807, 2.05) is 19.6 Å². The highest BCUT2D eigenvalue weighted by Crippen LogP contribution is 2.73. The third kappa shape index (κ3) is 5.40. The maximum absolute atomic E-state index is 13.2. The molecule has 0 aromatic carbocycles. The second-order valence-corrected chi connectivity index (χ2v) is 20.1. The van der Waals surface area contributed by atoms with E-state index in [0.29, 0.717) is 51.9 Å². The number of halogens is 8. The van der Waals surface area contributed by atoms with E-state index in [0.717, 1.165) is 26.2 Å². The number of methoxy groups -OCH3 is 4. The predicted octanol–water partition coefficient (Wildman–Crippen LogP) is 4.13. The largest absolute Gasteiger partial charge is 0.468 e. The number of hydrogen-bond donors (Lipinski definition) is 0. The van der Waals surface area contributed by atoms with E-state index >= 15 is 0 Å². The lowest BCUT2D eigenvalue weighted by Gasteiger charge is -2.45. The molecule has 12 aliphatic rings. The molecule has 0 radical (unpaired) electrons. The fourth-order valence-electron chi connectivity index (χ4n) is 12.8. The molecule has 0 aromatic rings. The monoisotopic (exact) mass is 868 g/mol. The normalized spacial score (nSPS) is 46.1. The van der Waals surface area contributed by atoms with Crippen molar-refractivity contribution in [2.45, 2.75) is 123 Å². The van der Waals surface area contributed by atoms with Crippen LogP contribution in [0.15, 0.2) is 0 Å². The molecule has 0 N–H and O–H groups in total. The van der Waals surface area contributed by atoms with Crippen LogP contribution in [0.25, 0.3) is 0 Å². The lowest BCUT2D eigenvalue weighted by atomic mass is 9.82. The Morgan fingerprint density at radius 1 is 0.350 bits per heavy atom. The minimum atomic E-state index is -2.56. The zero-order valence-electron chi connectivity index (χ0n) is 34.2. The summed E-state index contributed by atoms with van der Waals surface area (Å²) in [5, 5.41) is 0. The van der Waals surface area contributed by atoms with Crippen molar-refractivity contribution in [3.63, 3.8) is 0 Å². The van der Waals surface area contributed by atoms with Gasteiger partial charge in [-0.15, -0.1) is 0 Å². The van der Waals surface area contributed by atoms with Crippen molar-refractivity contribution in [2.75, 3.05) is 80.8 Å². The fraction of sp³-hybridized carbons (Fsp3) is 0.900. The Hall–Kier alpha value is -2.84. The van der Waals surface area contributed by atoms with Crippen LogP contribution in [0.4, 0.5) is 35.1 Å². The van der Waals surface area contributed by atoms with E-state index in [4.69, 9.17) is 18.9 Å². The van der Waals surface area contributed by atoms with Gasteiger partial charge in [0.05, 0.1) is 50.1 Å². The smallest absolute Gasteiger partial charge is 0.326 e. The molecule has 4 unspecified atom stereocenters. The first-order chi connectivity index (χ1) is 27.8. The summed E-state index contributed by atoms with van der Waals surface area (Å²) < 4.78 is 125. The first-order valence-electron chi connectivity index (χ1n) is 20.7. The molecule has 4 spiro atoms. The number of ether oxygens (including phenoxy) is 4. The van der Waals surface area contributed by atoms with Crippen molar-refractivity contribution in [3.05, 3.63) is 0 Å². The topological polar surface area (TPSA) is 118 Å². The average Bonchev–Trinajstić information content (AvgIpc) is 4.06. The van der Waals surface area contributed by atoms with E-state index in [-0.39, 0.29) is 75.2 Å². The number of alkyl halides is 8. The second kappa shape index (κ2) is 12.4. The van der Waals surface area contributed by atoms with E-state index in [9.17, 15) is 54.3 Å². The summed E-state index contributed by atoms with van der Waals surface area (Å²) in [7, 11) is 5.29. The van der Waals surface area contributed by atoms with Gasteiger partial charge in [0.1, 0.15) is 22.2 Å². The zero-order valence-corrected chi connectivity index (χ0v) is 34.2. The van der Waals surface area contributed by atoms with Crippen LogP contribution in [-0.2, 0) is 38.1 Å². The summed E-state index contributed by atoms with van der Waals surface area (Å²) in [6.45, 7) is 4.40. The van der Waals surface area contributed by atoms with Crippen LogP contribution in [0.3, 0.4) is 0 Å². The summed E-state index contributed by atoms with van der Waals surface area (Å²) in [4.78, 5) is 53.9. The maximum atomic E-state index is 13.2. The second-order valence-electron chi connectivity index (χ2n) is 20.1.